The van der Waals surface area contributed by atoms with Crippen molar-refractivity contribution in [2.45, 2.75) is 38.5 Å². The normalized spacial score (nSPS) is 12.2. The van der Waals surface area contributed by atoms with Crippen LogP contribution < -0.4 is 20.9 Å². The van der Waals surface area contributed by atoms with Gasteiger partial charge in [0.25, 0.3) is 0 Å². The summed E-state index contributed by atoms with van der Waals surface area (Å²) >= 11 is 17.3. The molecule has 8 nitrogen and oxygen atoms in total. The minimum atomic E-state index is -0.211. The Bertz CT molecular complexity index is 7730. The maximum absolute atomic E-state index is 5.66. The van der Waals surface area contributed by atoms with Crippen LogP contribution in [-0.4, -0.2) is 19.9 Å². The van der Waals surface area contributed by atoms with Gasteiger partial charge in [0.05, 0.1) is 40.9 Å². The van der Waals surface area contributed by atoms with E-state index in [9.17, 15) is 0 Å². The van der Waals surface area contributed by atoms with Gasteiger partial charge in [-0.3, -0.25) is 0 Å². The Balaban J connectivity index is 0.000000129. The average molecular weight is 1990 g/mol. The van der Waals surface area contributed by atoms with E-state index >= 15 is 0 Å². The summed E-state index contributed by atoms with van der Waals surface area (Å²) in [5, 5.41) is 7.57. The molecule has 0 unspecified atom stereocenters. The van der Waals surface area contributed by atoms with Crippen LogP contribution in [0.5, 0.6) is 0 Å². The highest BCUT2D eigenvalue weighted by Crippen LogP contribution is 2.54. The van der Waals surface area contributed by atoms with Crippen molar-refractivity contribution in [3.63, 3.8) is 0 Å². The fraction of sp³-hybridized carbons (Fsp3) is 0.0508. The van der Waals surface area contributed by atoms with Crippen LogP contribution in [0.4, 0.5) is 51.2 Å². The Hall–Kier alpha value is -13.8. The maximum Gasteiger partial charge on any atom is 0.124 e. The first kappa shape index (κ1) is 87.2. The predicted octanol–water partition coefficient (Wildman–Crippen LogP) is 36.0. The highest BCUT2D eigenvalue weighted by molar-refractivity contribution is 9.11. The summed E-state index contributed by atoms with van der Waals surface area (Å²) in [5.41, 5.74) is 39.5. The van der Waals surface area contributed by atoms with E-state index < -0.39 is 0 Å². The van der Waals surface area contributed by atoms with E-state index in [0.29, 0.717) is 0 Å². The van der Waals surface area contributed by atoms with Gasteiger partial charge in [-0.1, -0.05) is 257 Å². The third-order valence-corrected chi connectivity index (χ3v) is 30.1. The lowest BCUT2D eigenvalue weighted by molar-refractivity contribution is 0.660. The van der Waals surface area contributed by atoms with Crippen LogP contribution in [0.2, 0.25) is 0 Å². The molecule has 2 aliphatic carbocycles. The van der Waals surface area contributed by atoms with Gasteiger partial charge in [-0.2, -0.15) is 0 Å². The van der Waals surface area contributed by atoms with Crippen molar-refractivity contribution in [1.82, 2.24) is 19.9 Å². The molecule has 0 saturated carbocycles. The lowest BCUT2D eigenvalue weighted by atomic mass is 9.81. The molecule has 0 spiro atoms. The summed E-state index contributed by atoms with van der Waals surface area (Å²) < 4.78 is 8.24. The van der Waals surface area contributed by atoms with Crippen molar-refractivity contribution in [2.75, 3.05) is 20.9 Å². The smallest absolute Gasteiger partial charge is 0.124 e. The second kappa shape index (κ2) is 38.5. The second-order valence-corrected chi connectivity index (χ2v) is 40.5. The van der Waals surface area contributed by atoms with Gasteiger partial charge in [-0.05, 0) is 322 Å². The van der Waals surface area contributed by atoms with E-state index in [1.165, 1.54) is 85.6 Å². The molecule has 0 atom stereocenters. The Morgan fingerprint density at radius 2 is 0.496 bits per heavy atom. The van der Waals surface area contributed by atoms with Crippen molar-refractivity contribution >= 4 is 185 Å². The molecule has 0 aliphatic heterocycles. The molecule has 15 heteroatoms. The molecule has 0 radical (unpaired) electrons. The number of nitrogens with zero attached hydrogens (tertiary/aromatic N) is 6. The molecule has 3 N–H and O–H groups in total. The topological polar surface area (TPSA) is 96.1 Å². The molecule has 133 heavy (non-hydrogen) atoms. The van der Waals surface area contributed by atoms with Crippen LogP contribution in [0, 0.1) is 0 Å². The highest BCUT2D eigenvalue weighted by atomic mass is 79.9. The lowest BCUT2D eigenvalue weighted by Crippen LogP contribution is -2.16. The molecular formula is C118H87Br3N8S4. The third-order valence-electron chi connectivity index (χ3n) is 24.2. The van der Waals surface area contributed by atoms with Crippen molar-refractivity contribution in [3.05, 3.63) is 472 Å². The first-order valence-corrected chi connectivity index (χ1v) is 49.6. The number of fused-ring (bicyclic) bond motifs is 10. The third kappa shape index (κ3) is 18.9. The summed E-state index contributed by atoms with van der Waals surface area (Å²) in [6.07, 6.45) is 0. The Morgan fingerprint density at radius 1 is 0.233 bits per heavy atom. The Morgan fingerprint density at radius 3 is 0.880 bits per heavy atom. The van der Waals surface area contributed by atoms with Crippen molar-refractivity contribution < 1.29 is 0 Å². The van der Waals surface area contributed by atoms with Gasteiger partial charge in [0, 0.05) is 97.7 Å². The van der Waals surface area contributed by atoms with Crippen LogP contribution in [0.1, 0.15) is 49.9 Å². The number of halogens is 3. The molecule has 644 valence electrons. The van der Waals surface area contributed by atoms with Gasteiger partial charge in [0.15, 0.2) is 0 Å². The molecular weight excluding hydrogens is 1900 g/mol. The van der Waals surface area contributed by atoms with Gasteiger partial charge >= 0.3 is 0 Å². The standard InChI is InChI=1S/C59H42N4S2.C21H16Br2.C19H14N2S.C13H10N2S.C6H5Br/c1-59(2)51-37-42(39-21-28-45(29-22-39)62(43-13-5-3-6-14-43)46-30-23-40(24-31-46)57-60-53-17-9-11-19-55(53)64-57)27-35-49(51)50-36-34-48(38-52(50)59)63(44-15-7-4-8-16-44)47-32-25-41(26-33-47)58-61-54-18-10-12-20-56(54)65-58;1-21(2)19-11-14(13-3-6-15(22)7-4-13)5-9-17(19)18-10-8-16(23)12-20(18)21;1-2-6-15(7-3-1)20-16-12-10-14(11-13-16)19-21-17-8-4-5-9-18(17)22-19;14-10-7-5-9(6-8-10)13-15-11-3-1-2-4-12(11)16-13;7-6-4-2-1-3-5-6/h3-38H,1-2H3;3-12H,1-2H3;1-13,20H;1-8H,14H2;1-5H. The Kier molecular flexibility index (Phi) is 25.3. The van der Waals surface area contributed by atoms with E-state index in [-0.39, 0.29) is 10.8 Å². The number of rotatable bonds is 14. The van der Waals surface area contributed by atoms with Crippen LogP contribution in [0.15, 0.2) is 450 Å². The first-order chi connectivity index (χ1) is 65.0. The zero-order valence-electron chi connectivity index (χ0n) is 73.1. The quantitative estimate of drug-likeness (QED) is 0.104. The number of anilines is 9. The number of para-hydroxylation sites is 7. The zero-order chi connectivity index (χ0) is 90.5. The lowest BCUT2D eigenvalue weighted by Gasteiger charge is -2.28. The van der Waals surface area contributed by atoms with Gasteiger partial charge in [0.1, 0.15) is 20.0 Å². The number of hydrogen-bond donors (Lipinski definition) is 2. The van der Waals surface area contributed by atoms with Gasteiger partial charge < -0.3 is 20.9 Å². The predicted molar refractivity (Wildman–Crippen MR) is 579 cm³/mol. The molecule has 0 fully saturated rings. The van der Waals surface area contributed by atoms with E-state index in [1.54, 1.807) is 45.3 Å². The number of nitrogens with two attached hydrogens (primary N) is 1. The fourth-order valence-electron chi connectivity index (χ4n) is 17.3. The van der Waals surface area contributed by atoms with Gasteiger partial charge in [0.2, 0.25) is 0 Å². The fourth-order valence-corrected chi connectivity index (χ4v) is 22.2. The minimum absolute atomic E-state index is 0.0276. The first-order valence-electron chi connectivity index (χ1n) is 44.0. The molecule has 22 aromatic rings. The molecule has 4 aromatic heterocycles. The number of thiazole rings is 4. The summed E-state index contributed by atoms with van der Waals surface area (Å²) in [4.78, 5) is 23.8. The van der Waals surface area contributed by atoms with E-state index in [4.69, 9.17) is 20.7 Å². The Labute approximate surface area is 816 Å². The van der Waals surface area contributed by atoms with Crippen molar-refractivity contribution in [1.29, 1.82) is 0 Å². The number of benzene rings is 18. The van der Waals surface area contributed by atoms with E-state index in [0.717, 1.165) is 129 Å². The van der Waals surface area contributed by atoms with Crippen molar-refractivity contribution in [2.24, 2.45) is 0 Å². The summed E-state index contributed by atoms with van der Waals surface area (Å²) in [6.45, 7) is 9.37. The largest absolute Gasteiger partial charge is 0.399 e. The molecule has 2 aliphatic rings. The molecule has 0 saturated heterocycles. The summed E-state index contributed by atoms with van der Waals surface area (Å²) in [5.74, 6) is 0. The van der Waals surface area contributed by atoms with Crippen LogP contribution >= 0.6 is 93.1 Å². The highest BCUT2D eigenvalue weighted by Gasteiger charge is 2.38. The molecule has 24 rings (SSSR count). The molecule has 0 amide bonds. The van der Waals surface area contributed by atoms with Crippen LogP contribution in [0.25, 0.3) is 128 Å². The minimum Gasteiger partial charge on any atom is -0.399 e. The number of nitrogens with one attached hydrogen (secondary N) is 1. The monoisotopic (exact) mass is 1980 g/mol. The number of aromatic nitrogens is 4. The van der Waals surface area contributed by atoms with Crippen LogP contribution in [-0.2, 0) is 10.8 Å². The van der Waals surface area contributed by atoms with Crippen molar-refractivity contribution in [3.8, 4) is 86.8 Å². The summed E-state index contributed by atoms with van der Waals surface area (Å²) in [7, 11) is 0. The van der Waals surface area contributed by atoms with E-state index in [1.807, 2.05) is 109 Å². The SMILES string of the molecule is Brc1ccccc1.CC1(C)c2cc(-c3ccc(N(c4ccccc4)c4ccc(-c5nc6ccccc6s5)cc4)cc3)ccc2-c2ccc(N(c3ccccc3)c3ccc(-c4nc5ccccc5s4)cc3)cc21.CC1(C)c2cc(Br)ccc2-c2ccc(-c3ccc(Br)cc3)cc21.Nc1ccc(-c2nc3ccccc3s2)cc1.c1ccc(Nc2ccc(-c3nc4ccccc4s3)cc2)cc1. The van der Waals surface area contributed by atoms with Crippen LogP contribution in [0.3, 0.4) is 0 Å². The second-order valence-electron chi connectivity index (χ2n) is 33.6. The molecule has 4 heterocycles. The van der Waals surface area contributed by atoms with Gasteiger partial charge in [-0.15, -0.1) is 45.3 Å². The molecule has 18 aromatic carbocycles. The summed E-state index contributed by atoms with van der Waals surface area (Å²) in [6, 6.07) is 153. The van der Waals surface area contributed by atoms with E-state index in [2.05, 4.69) is 423 Å². The maximum atomic E-state index is 5.66. The van der Waals surface area contributed by atoms with Gasteiger partial charge in [-0.25, -0.2) is 19.9 Å². The number of hydrogen-bond acceptors (Lipinski definition) is 12. The average Bonchev–Trinajstić information content (AvgIpc) is 1.56. The number of nitrogen functional groups attached to an aromatic ring is 1. The zero-order valence-corrected chi connectivity index (χ0v) is 81.1. The molecule has 0 bridgehead atoms.